The van der Waals surface area contributed by atoms with Gasteiger partial charge in [0.2, 0.25) is 0 Å². The largest absolute Gasteiger partial charge is 0.493 e. The number of amides is 1. The molecule has 33 heavy (non-hydrogen) atoms. The maximum Gasteiger partial charge on any atom is 0.410 e. The first-order valence-corrected chi connectivity index (χ1v) is 12.6. The fourth-order valence-corrected chi connectivity index (χ4v) is 4.90. The van der Waals surface area contributed by atoms with Crippen LogP contribution in [0.1, 0.15) is 39.2 Å². The summed E-state index contributed by atoms with van der Waals surface area (Å²) in [5.41, 5.74) is 0.290. The molecule has 1 aliphatic heterocycles. The minimum atomic E-state index is -4.08. The standard InChI is InChI=1S/C24H30ClNO6S/c1-17-13-19(15-20(14-17)32-33(28,29)22-8-6-5-7-21(22)25)30-16-18-9-11-26(12-10-18)23(27)31-24(2,3)4/h5-8,13-15,18H,9-12,16H2,1-4H3. The van der Waals surface area contributed by atoms with E-state index in [1.165, 1.54) is 12.1 Å². The summed E-state index contributed by atoms with van der Waals surface area (Å²) in [6.45, 7) is 9.08. The highest BCUT2D eigenvalue weighted by Crippen LogP contribution is 2.29. The Labute approximate surface area is 200 Å². The van der Waals surface area contributed by atoms with E-state index in [0.717, 1.165) is 18.4 Å². The molecule has 7 nitrogen and oxygen atoms in total. The van der Waals surface area contributed by atoms with Crippen LogP contribution >= 0.6 is 11.6 Å². The highest BCUT2D eigenvalue weighted by atomic mass is 35.5. The summed E-state index contributed by atoms with van der Waals surface area (Å²) in [7, 11) is -4.08. The second kappa shape index (κ2) is 10.2. The first-order valence-electron chi connectivity index (χ1n) is 10.8. The zero-order chi connectivity index (χ0) is 24.2. The van der Waals surface area contributed by atoms with E-state index < -0.39 is 15.7 Å². The van der Waals surface area contributed by atoms with Gasteiger partial charge in [0.1, 0.15) is 22.0 Å². The maximum atomic E-state index is 12.6. The predicted octanol–water partition coefficient (Wildman–Crippen LogP) is 5.44. The molecule has 1 heterocycles. The van der Waals surface area contributed by atoms with E-state index in [9.17, 15) is 13.2 Å². The number of likely N-dealkylation sites (tertiary alicyclic amines) is 1. The van der Waals surface area contributed by atoms with Gasteiger partial charge >= 0.3 is 16.2 Å². The van der Waals surface area contributed by atoms with Gasteiger partial charge in [0, 0.05) is 19.2 Å². The van der Waals surface area contributed by atoms with E-state index in [1.54, 1.807) is 29.2 Å². The number of ether oxygens (including phenoxy) is 2. The molecule has 1 amide bonds. The summed E-state index contributed by atoms with van der Waals surface area (Å²) >= 11 is 6.02. The quantitative estimate of drug-likeness (QED) is 0.496. The topological polar surface area (TPSA) is 82.1 Å². The fraction of sp³-hybridized carbons (Fsp3) is 0.458. The van der Waals surface area contributed by atoms with Gasteiger partial charge in [-0.15, -0.1) is 0 Å². The van der Waals surface area contributed by atoms with Gasteiger partial charge in [0.15, 0.2) is 0 Å². The summed E-state index contributed by atoms with van der Waals surface area (Å²) in [5.74, 6) is 0.957. The Hall–Kier alpha value is -2.45. The number of aryl methyl sites for hydroxylation is 1. The molecule has 1 aliphatic rings. The molecule has 9 heteroatoms. The molecule has 2 aromatic rings. The van der Waals surface area contributed by atoms with Gasteiger partial charge in [-0.2, -0.15) is 8.42 Å². The van der Waals surface area contributed by atoms with E-state index in [0.29, 0.717) is 25.4 Å². The van der Waals surface area contributed by atoms with Crippen LogP contribution < -0.4 is 8.92 Å². The third-order valence-corrected chi connectivity index (χ3v) is 6.84. The molecule has 0 saturated carbocycles. The van der Waals surface area contributed by atoms with Gasteiger partial charge in [-0.1, -0.05) is 23.7 Å². The average Bonchev–Trinajstić information content (AvgIpc) is 2.71. The molecule has 180 valence electrons. The molecule has 0 spiro atoms. The van der Waals surface area contributed by atoms with Crippen molar-refractivity contribution in [2.75, 3.05) is 19.7 Å². The van der Waals surface area contributed by atoms with Crippen molar-refractivity contribution in [3.8, 4) is 11.5 Å². The van der Waals surface area contributed by atoms with Gasteiger partial charge in [-0.3, -0.25) is 0 Å². The molecular formula is C24H30ClNO6S. The van der Waals surface area contributed by atoms with Crippen molar-refractivity contribution in [2.45, 2.75) is 51.0 Å². The van der Waals surface area contributed by atoms with E-state index in [4.69, 9.17) is 25.3 Å². The van der Waals surface area contributed by atoms with Crippen LogP contribution in [-0.2, 0) is 14.9 Å². The molecule has 0 N–H and O–H groups in total. The Morgan fingerprint density at radius 3 is 2.36 bits per heavy atom. The van der Waals surface area contributed by atoms with Crippen LogP contribution in [-0.4, -0.2) is 44.7 Å². The van der Waals surface area contributed by atoms with Crippen molar-refractivity contribution >= 4 is 27.8 Å². The first kappa shape index (κ1) is 25.2. The molecule has 1 saturated heterocycles. The second-order valence-electron chi connectivity index (χ2n) is 9.17. The summed E-state index contributed by atoms with van der Waals surface area (Å²) in [6.07, 6.45) is 1.31. The van der Waals surface area contributed by atoms with Crippen LogP contribution in [0.2, 0.25) is 5.02 Å². The van der Waals surface area contributed by atoms with Crippen LogP contribution in [0.15, 0.2) is 47.4 Å². The Balaban J connectivity index is 1.58. The van der Waals surface area contributed by atoms with Crippen molar-refractivity contribution in [3.05, 3.63) is 53.1 Å². The third kappa shape index (κ3) is 7.27. The third-order valence-electron chi connectivity index (χ3n) is 5.09. The molecule has 3 rings (SSSR count). The molecule has 0 radical (unpaired) electrons. The monoisotopic (exact) mass is 495 g/mol. The highest BCUT2D eigenvalue weighted by molar-refractivity contribution is 7.87. The lowest BCUT2D eigenvalue weighted by Crippen LogP contribution is -2.42. The molecule has 0 bridgehead atoms. The number of benzene rings is 2. The molecule has 2 aromatic carbocycles. The SMILES string of the molecule is Cc1cc(OCC2CCN(C(=O)OC(C)(C)C)CC2)cc(OS(=O)(=O)c2ccccc2Cl)c1. The normalized spacial score (nSPS) is 15.2. The Kier molecular flexibility index (Phi) is 7.80. The van der Waals surface area contributed by atoms with Crippen molar-refractivity contribution in [1.29, 1.82) is 0 Å². The van der Waals surface area contributed by atoms with Gasteiger partial charge in [0.25, 0.3) is 0 Å². The average molecular weight is 496 g/mol. The number of hydrogen-bond donors (Lipinski definition) is 0. The molecule has 0 aromatic heterocycles. The van der Waals surface area contributed by atoms with E-state index in [2.05, 4.69) is 0 Å². The van der Waals surface area contributed by atoms with Crippen LogP contribution in [0.25, 0.3) is 0 Å². The van der Waals surface area contributed by atoms with Crippen molar-refractivity contribution in [3.63, 3.8) is 0 Å². The lowest BCUT2D eigenvalue weighted by atomic mass is 9.98. The summed E-state index contributed by atoms with van der Waals surface area (Å²) < 4.78 is 42.0. The first-order chi connectivity index (χ1) is 15.4. The zero-order valence-corrected chi connectivity index (χ0v) is 20.9. The number of halogens is 1. The minimum absolute atomic E-state index is 0.0904. The van der Waals surface area contributed by atoms with Crippen LogP contribution in [0.4, 0.5) is 4.79 Å². The number of hydrogen-bond acceptors (Lipinski definition) is 6. The fourth-order valence-electron chi connectivity index (χ4n) is 3.49. The number of piperidine rings is 1. The smallest absolute Gasteiger partial charge is 0.410 e. The number of carbonyl (C=O) groups excluding carboxylic acids is 1. The highest BCUT2D eigenvalue weighted by Gasteiger charge is 2.27. The van der Waals surface area contributed by atoms with Gasteiger partial charge in [-0.05, 0) is 76.3 Å². The molecule has 0 atom stereocenters. The van der Waals surface area contributed by atoms with E-state index >= 15 is 0 Å². The van der Waals surface area contributed by atoms with Crippen molar-refractivity contribution in [2.24, 2.45) is 5.92 Å². The molecule has 1 fully saturated rings. The van der Waals surface area contributed by atoms with Gasteiger partial charge in [-0.25, -0.2) is 4.79 Å². The van der Waals surface area contributed by atoms with Gasteiger partial charge < -0.3 is 18.6 Å². The van der Waals surface area contributed by atoms with Crippen LogP contribution in [0.5, 0.6) is 11.5 Å². The number of nitrogens with zero attached hydrogens (tertiary/aromatic N) is 1. The number of rotatable bonds is 6. The summed E-state index contributed by atoms with van der Waals surface area (Å²) in [4.78, 5) is 13.8. The van der Waals surface area contributed by atoms with Crippen molar-refractivity contribution < 1.29 is 26.9 Å². The molecular weight excluding hydrogens is 466 g/mol. The van der Waals surface area contributed by atoms with E-state index in [-0.39, 0.29) is 27.7 Å². The molecule has 0 aliphatic carbocycles. The molecule has 0 unspecified atom stereocenters. The minimum Gasteiger partial charge on any atom is -0.493 e. The van der Waals surface area contributed by atoms with Gasteiger partial charge in [0.05, 0.1) is 11.6 Å². The van der Waals surface area contributed by atoms with E-state index in [1.807, 2.05) is 33.8 Å². The zero-order valence-electron chi connectivity index (χ0n) is 19.3. The lowest BCUT2D eigenvalue weighted by molar-refractivity contribution is 0.0165. The Morgan fingerprint density at radius 1 is 1.09 bits per heavy atom. The summed E-state index contributed by atoms with van der Waals surface area (Å²) in [6, 6.07) is 11.1. The lowest BCUT2D eigenvalue weighted by Gasteiger charge is -2.33. The Bertz CT molecular complexity index is 1090. The second-order valence-corrected chi connectivity index (χ2v) is 11.1. The van der Waals surface area contributed by atoms with Crippen LogP contribution in [0, 0.1) is 12.8 Å². The number of carbonyl (C=O) groups is 1. The Morgan fingerprint density at radius 2 is 1.73 bits per heavy atom. The predicted molar refractivity (Wildman–Crippen MR) is 126 cm³/mol. The van der Waals surface area contributed by atoms with Crippen LogP contribution in [0.3, 0.4) is 0 Å². The maximum absolute atomic E-state index is 12.6. The summed E-state index contributed by atoms with van der Waals surface area (Å²) in [5, 5.41) is 0.0966. The van der Waals surface area contributed by atoms with Crippen molar-refractivity contribution in [1.82, 2.24) is 4.90 Å².